The number of carbonyl (C=O) groups is 1. The summed E-state index contributed by atoms with van der Waals surface area (Å²) in [6, 6.07) is 7.64. The van der Waals surface area contributed by atoms with Gasteiger partial charge in [-0.15, -0.1) is 5.10 Å². The van der Waals surface area contributed by atoms with E-state index in [4.69, 9.17) is 0 Å². The molecule has 1 aliphatic rings. The number of nitrogens with one attached hydrogen (secondary N) is 1. The van der Waals surface area contributed by atoms with Gasteiger partial charge < -0.3 is 9.88 Å². The number of carbonyl (C=O) groups excluding carboxylic acids is 1. The van der Waals surface area contributed by atoms with Gasteiger partial charge in [-0.3, -0.25) is 4.79 Å². The van der Waals surface area contributed by atoms with Gasteiger partial charge >= 0.3 is 0 Å². The quantitative estimate of drug-likeness (QED) is 0.752. The number of fused-ring (bicyclic) bond motifs is 2. The monoisotopic (exact) mass is 282 g/mol. The molecule has 7 heteroatoms. The Labute approximate surface area is 120 Å². The van der Waals surface area contributed by atoms with Crippen LogP contribution in [0.15, 0.2) is 30.6 Å². The van der Waals surface area contributed by atoms with Crippen molar-refractivity contribution in [2.24, 2.45) is 0 Å². The van der Waals surface area contributed by atoms with Crippen molar-refractivity contribution in [3.05, 3.63) is 42.0 Å². The van der Waals surface area contributed by atoms with Crippen LogP contribution in [-0.2, 0) is 24.3 Å². The molecule has 3 aromatic rings. The Kier molecular flexibility index (Phi) is 2.70. The summed E-state index contributed by atoms with van der Waals surface area (Å²) in [5.41, 5.74) is 3.77. The number of hydrogen-bond acceptors (Lipinski definition) is 4. The molecule has 7 nitrogen and oxygen atoms in total. The van der Waals surface area contributed by atoms with E-state index < -0.39 is 0 Å². The zero-order chi connectivity index (χ0) is 14.2. The Bertz CT molecular complexity index is 805. The average molecular weight is 282 g/mol. The Morgan fingerprint density at radius 3 is 3.19 bits per heavy atom. The minimum absolute atomic E-state index is 0.0471. The highest BCUT2D eigenvalue weighted by molar-refractivity contribution is 5.80. The maximum absolute atomic E-state index is 12.4. The van der Waals surface area contributed by atoms with Gasteiger partial charge in [-0.05, 0) is 12.1 Å². The van der Waals surface area contributed by atoms with Crippen molar-refractivity contribution in [1.29, 1.82) is 0 Å². The lowest BCUT2D eigenvalue weighted by molar-refractivity contribution is -0.133. The number of amides is 1. The minimum atomic E-state index is 0.0471. The number of rotatable bonds is 2. The highest BCUT2D eigenvalue weighted by Crippen LogP contribution is 2.16. The molecule has 1 amide bonds. The number of imidazole rings is 1. The van der Waals surface area contributed by atoms with E-state index in [1.165, 1.54) is 0 Å². The Morgan fingerprint density at radius 1 is 1.33 bits per heavy atom. The van der Waals surface area contributed by atoms with Crippen molar-refractivity contribution in [3.8, 4) is 0 Å². The summed E-state index contributed by atoms with van der Waals surface area (Å²) >= 11 is 0. The van der Waals surface area contributed by atoms with Crippen molar-refractivity contribution in [2.75, 3.05) is 6.54 Å². The molecule has 0 radical (unpaired) electrons. The number of H-pyrrole nitrogens is 1. The molecule has 0 spiro atoms. The zero-order valence-corrected chi connectivity index (χ0v) is 11.4. The molecule has 0 saturated carbocycles. The number of para-hydroxylation sites is 1. The molecule has 3 heterocycles. The first-order valence-electron chi connectivity index (χ1n) is 6.88. The summed E-state index contributed by atoms with van der Waals surface area (Å²) in [6.45, 7) is 1.49. The molecule has 1 aromatic carbocycles. The van der Waals surface area contributed by atoms with Gasteiger partial charge in [-0.2, -0.15) is 0 Å². The number of nitrogens with zero attached hydrogens (tertiary/aromatic N) is 5. The van der Waals surface area contributed by atoms with E-state index in [1.807, 2.05) is 29.2 Å². The van der Waals surface area contributed by atoms with Crippen LogP contribution in [0.25, 0.3) is 11.0 Å². The molecule has 21 heavy (non-hydrogen) atoms. The number of hydrogen-bond donors (Lipinski definition) is 1. The first kappa shape index (κ1) is 12.1. The van der Waals surface area contributed by atoms with Crippen LogP contribution in [0.5, 0.6) is 0 Å². The molecule has 0 unspecified atom stereocenters. The van der Waals surface area contributed by atoms with Crippen LogP contribution in [0, 0.1) is 0 Å². The second-order valence-corrected chi connectivity index (χ2v) is 5.13. The zero-order valence-electron chi connectivity index (χ0n) is 11.4. The fourth-order valence-corrected chi connectivity index (χ4v) is 2.69. The van der Waals surface area contributed by atoms with Crippen molar-refractivity contribution < 1.29 is 4.79 Å². The van der Waals surface area contributed by atoms with Gasteiger partial charge in [0.2, 0.25) is 5.91 Å². The van der Waals surface area contributed by atoms with Crippen molar-refractivity contribution >= 4 is 16.9 Å². The molecule has 106 valence electrons. The van der Waals surface area contributed by atoms with E-state index in [-0.39, 0.29) is 12.5 Å². The molecular formula is C14H14N6O. The third-order valence-electron chi connectivity index (χ3n) is 3.83. The largest absolute Gasteiger partial charge is 0.347 e. The van der Waals surface area contributed by atoms with E-state index in [9.17, 15) is 4.79 Å². The molecular weight excluding hydrogens is 268 g/mol. The van der Waals surface area contributed by atoms with E-state index >= 15 is 0 Å². The van der Waals surface area contributed by atoms with Gasteiger partial charge in [-0.25, -0.2) is 9.67 Å². The van der Waals surface area contributed by atoms with Crippen LogP contribution in [0.1, 0.15) is 11.4 Å². The molecule has 4 rings (SSSR count). The molecule has 0 aliphatic carbocycles. The lowest BCUT2D eigenvalue weighted by Crippen LogP contribution is -2.38. The maximum Gasteiger partial charge on any atom is 0.244 e. The smallest absolute Gasteiger partial charge is 0.244 e. The summed E-state index contributed by atoms with van der Waals surface area (Å²) in [7, 11) is 0. The third-order valence-corrected chi connectivity index (χ3v) is 3.83. The topological polar surface area (TPSA) is 79.7 Å². The molecule has 0 bridgehead atoms. The predicted octanol–water partition coefficient (Wildman–Crippen LogP) is 0.739. The number of aromatic amines is 1. The highest BCUT2D eigenvalue weighted by Gasteiger charge is 2.23. The summed E-state index contributed by atoms with van der Waals surface area (Å²) in [4.78, 5) is 21.6. The van der Waals surface area contributed by atoms with Crippen LogP contribution in [0.3, 0.4) is 0 Å². The summed E-state index contributed by atoms with van der Waals surface area (Å²) < 4.78 is 1.65. The molecule has 1 N–H and O–H groups in total. The summed E-state index contributed by atoms with van der Waals surface area (Å²) in [5, 5.41) is 8.13. The van der Waals surface area contributed by atoms with Crippen LogP contribution >= 0.6 is 0 Å². The second-order valence-electron chi connectivity index (χ2n) is 5.13. The van der Waals surface area contributed by atoms with Gasteiger partial charge in [0.05, 0.1) is 29.8 Å². The SMILES string of the molecule is O=C(Cn1nnc2ccccc21)N1CCc2nc[nH]c2C1. The maximum atomic E-state index is 12.4. The molecule has 0 fully saturated rings. The number of aromatic nitrogens is 5. The van der Waals surface area contributed by atoms with Gasteiger partial charge in [0.1, 0.15) is 12.1 Å². The predicted molar refractivity (Wildman–Crippen MR) is 75.2 cm³/mol. The van der Waals surface area contributed by atoms with Gasteiger partial charge in [0, 0.05) is 13.0 Å². The first-order chi connectivity index (χ1) is 10.3. The molecule has 1 aliphatic heterocycles. The first-order valence-corrected chi connectivity index (χ1v) is 6.88. The average Bonchev–Trinajstić information content (AvgIpc) is 3.13. The van der Waals surface area contributed by atoms with Crippen LogP contribution < -0.4 is 0 Å². The minimum Gasteiger partial charge on any atom is -0.347 e. The standard InChI is InChI=1S/C14H14N6O/c21-14(19-6-5-10-12(7-19)16-9-15-10)8-20-13-4-2-1-3-11(13)17-18-20/h1-4,9H,5-8H2,(H,15,16). The second kappa shape index (κ2) is 4.69. The lowest BCUT2D eigenvalue weighted by atomic mass is 10.1. The highest BCUT2D eigenvalue weighted by atomic mass is 16.2. The van der Waals surface area contributed by atoms with Gasteiger partial charge in [0.25, 0.3) is 0 Å². The Hall–Kier alpha value is -2.70. The summed E-state index contributed by atoms with van der Waals surface area (Å²) in [6.07, 6.45) is 2.48. The molecule has 0 saturated heterocycles. The van der Waals surface area contributed by atoms with E-state index in [0.717, 1.165) is 28.8 Å². The van der Waals surface area contributed by atoms with Crippen LogP contribution in [0.2, 0.25) is 0 Å². The van der Waals surface area contributed by atoms with Crippen molar-refractivity contribution in [3.63, 3.8) is 0 Å². The third kappa shape index (κ3) is 2.06. The Balaban J connectivity index is 1.54. The Morgan fingerprint density at radius 2 is 2.24 bits per heavy atom. The van der Waals surface area contributed by atoms with Gasteiger partial charge in [-0.1, -0.05) is 17.3 Å². The van der Waals surface area contributed by atoms with Crippen molar-refractivity contribution in [2.45, 2.75) is 19.5 Å². The molecule has 0 atom stereocenters. The number of benzene rings is 1. The lowest BCUT2D eigenvalue weighted by Gasteiger charge is -2.26. The summed E-state index contributed by atoms with van der Waals surface area (Å²) in [5.74, 6) is 0.0471. The molecule has 2 aromatic heterocycles. The normalized spacial score (nSPS) is 14.4. The van der Waals surface area contributed by atoms with Gasteiger partial charge in [0.15, 0.2) is 0 Å². The van der Waals surface area contributed by atoms with E-state index in [0.29, 0.717) is 13.1 Å². The van der Waals surface area contributed by atoms with E-state index in [2.05, 4.69) is 20.3 Å². The fraction of sp³-hybridized carbons (Fsp3) is 0.286. The van der Waals surface area contributed by atoms with Crippen molar-refractivity contribution in [1.82, 2.24) is 29.9 Å². The van der Waals surface area contributed by atoms with Crippen LogP contribution in [0.4, 0.5) is 0 Å². The fourth-order valence-electron chi connectivity index (χ4n) is 2.69. The van der Waals surface area contributed by atoms with E-state index in [1.54, 1.807) is 11.0 Å². The van der Waals surface area contributed by atoms with Crippen LogP contribution in [-0.4, -0.2) is 42.3 Å².